The molecule has 1 N–H and O–H groups in total. The summed E-state index contributed by atoms with van der Waals surface area (Å²) in [5.41, 5.74) is -1.27. The molecule has 3 heterocycles. The molecule has 8 nitrogen and oxygen atoms in total. The van der Waals surface area contributed by atoms with Crippen molar-refractivity contribution in [1.29, 1.82) is 0 Å². The summed E-state index contributed by atoms with van der Waals surface area (Å²) in [4.78, 5) is 45.3. The molecular weight excluding hydrogens is 472 g/mol. The Labute approximate surface area is 219 Å². The van der Waals surface area contributed by atoms with Crippen LogP contribution in [-0.4, -0.2) is 76.2 Å². The molecule has 4 rings (SSSR count). The second-order valence-corrected chi connectivity index (χ2v) is 10.4. The molecule has 1 aromatic rings. The van der Waals surface area contributed by atoms with Crippen LogP contribution in [0.25, 0.3) is 0 Å². The number of ether oxygens (including phenoxy) is 2. The van der Waals surface area contributed by atoms with Gasteiger partial charge in [0.25, 0.3) is 0 Å². The van der Waals surface area contributed by atoms with Gasteiger partial charge in [-0.3, -0.25) is 14.4 Å². The molecular formula is C29H40N2O6. The van der Waals surface area contributed by atoms with Crippen molar-refractivity contribution in [3.63, 3.8) is 0 Å². The van der Waals surface area contributed by atoms with Crippen molar-refractivity contribution >= 4 is 17.8 Å². The van der Waals surface area contributed by atoms with Crippen molar-refractivity contribution in [2.24, 2.45) is 11.8 Å². The minimum Gasteiger partial charge on any atom is -0.466 e. The summed E-state index contributed by atoms with van der Waals surface area (Å²) in [6.07, 6.45) is 5.00. The third-order valence-corrected chi connectivity index (χ3v) is 8.53. The van der Waals surface area contributed by atoms with Crippen LogP contribution in [0.1, 0.15) is 64.5 Å². The number of nitrogens with zero attached hydrogens (tertiary/aromatic N) is 2. The number of esters is 1. The summed E-state index contributed by atoms with van der Waals surface area (Å²) in [5, 5.41) is 10.6. The zero-order valence-electron chi connectivity index (χ0n) is 22.2. The second-order valence-electron chi connectivity index (χ2n) is 10.4. The van der Waals surface area contributed by atoms with Gasteiger partial charge in [-0.25, -0.2) is 0 Å². The zero-order valence-corrected chi connectivity index (χ0v) is 22.2. The molecule has 202 valence electrons. The van der Waals surface area contributed by atoms with Gasteiger partial charge in [-0.05, 0) is 38.2 Å². The van der Waals surface area contributed by atoms with E-state index in [1.54, 1.807) is 17.9 Å². The van der Waals surface area contributed by atoms with Gasteiger partial charge in [0.1, 0.15) is 17.6 Å². The number of likely N-dealkylation sites (tertiary alicyclic amines) is 1. The summed E-state index contributed by atoms with van der Waals surface area (Å²) in [7, 11) is 0. The van der Waals surface area contributed by atoms with Crippen LogP contribution < -0.4 is 0 Å². The lowest BCUT2D eigenvalue weighted by Gasteiger charge is -2.39. The fraction of sp³-hybridized carbons (Fsp3) is 0.621. The predicted molar refractivity (Wildman–Crippen MR) is 138 cm³/mol. The van der Waals surface area contributed by atoms with Gasteiger partial charge in [0, 0.05) is 13.1 Å². The van der Waals surface area contributed by atoms with E-state index in [2.05, 4.69) is 13.5 Å². The third kappa shape index (κ3) is 4.28. The smallest absolute Gasteiger partial charge is 0.312 e. The molecule has 2 amide bonds. The molecule has 0 saturated carbocycles. The highest BCUT2D eigenvalue weighted by Gasteiger charge is 2.79. The first kappa shape index (κ1) is 27.3. The number of hydrogen-bond acceptors (Lipinski definition) is 6. The Morgan fingerprint density at radius 2 is 2.00 bits per heavy atom. The number of fused-ring (bicyclic) bond motifs is 1. The van der Waals surface area contributed by atoms with E-state index in [4.69, 9.17) is 9.47 Å². The van der Waals surface area contributed by atoms with Crippen molar-refractivity contribution in [2.45, 2.75) is 76.2 Å². The Hall–Kier alpha value is -2.71. The Kier molecular flexibility index (Phi) is 8.09. The SMILES string of the molecule is C=CCN(CCCC)C(=O)C1N([C@H](CO)c2ccccc2)C(=O)[C@@H]2[C@@H](C(=O)OCC)[C@@]3(CC)CCC12O3. The molecule has 0 radical (unpaired) electrons. The summed E-state index contributed by atoms with van der Waals surface area (Å²) < 4.78 is 12.2. The second kappa shape index (κ2) is 11.0. The average Bonchev–Trinajstić information content (AvgIpc) is 3.51. The number of unbranched alkanes of at least 4 members (excludes halogenated alkanes) is 1. The maximum Gasteiger partial charge on any atom is 0.312 e. The van der Waals surface area contributed by atoms with E-state index in [9.17, 15) is 19.5 Å². The van der Waals surface area contributed by atoms with Crippen LogP contribution in [0.2, 0.25) is 0 Å². The molecule has 1 aromatic carbocycles. The molecule has 3 aliphatic rings. The average molecular weight is 513 g/mol. The van der Waals surface area contributed by atoms with Crippen molar-refractivity contribution in [1.82, 2.24) is 9.80 Å². The number of hydrogen-bond donors (Lipinski definition) is 1. The van der Waals surface area contributed by atoms with Crippen LogP contribution in [-0.2, 0) is 23.9 Å². The van der Waals surface area contributed by atoms with Gasteiger partial charge in [-0.15, -0.1) is 6.58 Å². The Morgan fingerprint density at radius 1 is 1.27 bits per heavy atom. The molecule has 2 unspecified atom stereocenters. The third-order valence-electron chi connectivity index (χ3n) is 8.53. The van der Waals surface area contributed by atoms with E-state index in [0.29, 0.717) is 32.4 Å². The number of aliphatic hydroxyl groups excluding tert-OH is 1. The molecule has 0 aliphatic carbocycles. The van der Waals surface area contributed by atoms with Crippen molar-refractivity contribution in [2.75, 3.05) is 26.3 Å². The maximum atomic E-state index is 14.4. The van der Waals surface area contributed by atoms with Crippen LogP contribution in [0, 0.1) is 11.8 Å². The van der Waals surface area contributed by atoms with Crippen molar-refractivity contribution in [3.8, 4) is 0 Å². The van der Waals surface area contributed by atoms with Gasteiger partial charge in [-0.2, -0.15) is 0 Å². The standard InChI is InChI=1S/C29H40N2O6/c1-5-9-18-30(17-6-2)26(34)24-29-16-15-28(7-3,37-29)23(27(35)36-8-4)22(29)25(33)31(24)21(19-32)20-13-11-10-12-14-20/h6,10-14,21-24,32H,2,5,7-9,15-19H2,1,3-4H3/t21-,22+,23+,24?,28-,29?/m1/s1. The molecule has 3 aliphatic heterocycles. The van der Waals surface area contributed by atoms with E-state index in [0.717, 1.165) is 18.4 Å². The predicted octanol–water partition coefficient (Wildman–Crippen LogP) is 3.25. The number of benzene rings is 1. The molecule has 8 heteroatoms. The summed E-state index contributed by atoms with van der Waals surface area (Å²) >= 11 is 0. The van der Waals surface area contributed by atoms with Crippen LogP contribution in [0.3, 0.4) is 0 Å². The largest absolute Gasteiger partial charge is 0.466 e. The molecule has 2 bridgehead atoms. The monoisotopic (exact) mass is 512 g/mol. The van der Waals surface area contributed by atoms with E-state index in [-0.39, 0.29) is 25.0 Å². The minimum atomic E-state index is -1.16. The fourth-order valence-corrected chi connectivity index (χ4v) is 6.86. The normalized spacial score (nSPS) is 30.8. The molecule has 1 spiro atoms. The molecule has 37 heavy (non-hydrogen) atoms. The first-order valence-electron chi connectivity index (χ1n) is 13.6. The van der Waals surface area contributed by atoms with E-state index in [1.807, 2.05) is 37.3 Å². The molecule has 3 saturated heterocycles. The summed E-state index contributed by atoms with van der Waals surface area (Å²) in [6.45, 7) is 10.3. The van der Waals surface area contributed by atoms with E-state index >= 15 is 0 Å². The van der Waals surface area contributed by atoms with E-state index in [1.165, 1.54) is 4.90 Å². The topological polar surface area (TPSA) is 96.4 Å². The van der Waals surface area contributed by atoms with Gasteiger partial charge in [0.05, 0.1) is 30.8 Å². The van der Waals surface area contributed by atoms with Crippen molar-refractivity contribution < 1.29 is 29.0 Å². The Bertz CT molecular complexity index is 1010. The Morgan fingerprint density at radius 3 is 2.59 bits per heavy atom. The first-order chi connectivity index (χ1) is 17.9. The van der Waals surface area contributed by atoms with Crippen LogP contribution in [0.5, 0.6) is 0 Å². The number of amides is 2. The summed E-state index contributed by atoms with van der Waals surface area (Å²) in [5.74, 6) is -2.65. The number of carbonyl (C=O) groups excluding carboxylic acids is 3. The Balaban J connectivity index is 1.86. The quantitative estimate of drug-likeness (QED) is 0.341. The van der Waals surface area contributed by atoms with Gasteiger partial charge in [0.15, 0.2) is 0 Å². The van der Waals surface area contributed by atoms with Crippen molar-refractivity contribution in [3.05, 3.63) is 48.6 Å². The van der Waals surface area contributed by atoms with Gasteiger partial charge in [-0.1, -0.05) is 56.7 Å². The minimum absolute atomic E-state index is 0.197. The van der Waals surface area contributed by atoms with Crippen LogP contribution >= 0.6 is 0 Å². The molecule has 3 fully saturated rings. The zero-order chi connectivity index (χ0) is 26.8. The fourth-order valence-electron chi connectivity index (χ4n) is 6.86. The highest BCUT2D eigenvalue weighted by Crippen LogP contribution is 2.65. The lowest BCUT2D eigenvalue weighted by atomic mass is 9.65. The highest BCUT2D eigenvalue weighted by atomic mass is 16.6. The first-order valence-corrected chi connectivity index (χ1v) is 13.6. The van der Waals surface area contributed by atoms with Gasteiger partial charge < -0.3 is 24.4 Å². The number of aliphatic hydroxyl groups is 1. The van der Waals surface area contributed by atoms with Gasteiger partial charge in [0.2, 0.25) is 11.8 Å². The number of carbonyl (C=O) groups is 3. The summed E-state index contributed by atoms with van der Waals surface area (Å²) in [6, 6.07) is 7.52. The lowest BCUT2D eigenvalue weighted by molar-refractivity contribution is -0.163. The maximum absolute atomic E-state index is 14.4. The molecule has 0 aromatic heterocycles. The van der Waals surface area contributed by atoms with Crippen LogP contribution in [0.4, 0.5) is 0 Å². The van der Waals surface area contributed by atoms with E-state index < -0.39 is 41.1 Å². The van der Waals surface area contributed by atoms with Gasteiger partial charge >= 0.3 is 5.97 Å². The van der Waals surface area contributed by atoms with Crippen LogP contribution in [0.15, 0.2) is 43.0 Å². The lowest BCUT2D eigenvalue weighted by Crippen LogP contribution is -2.57. The molecule has 6 atom stereocenters. The number of rotatable bonds is 12. The highest BCUT2D eigenvalue weighted by molar-refractivity contribution is 5.99.